The fraction of sp³-hybridized carbons (Fsp3) is 0.875. The number of carbonyl (C=O) groups is 1. The number of hydrogen-bond acceptors (Lipinski definition) is 4. The lowest BCUT2D eigenvalue weighted by molar-refractivity contribution is -0.0259. The summed E-state index contributed by atoms with van der Waals surface area (Å²) in [6.07, 6.45) is -2.35. The van der Waals surface area contributed by atoms with E-state index in [9.17, 15) is 15.0 Å². The SMILES string of the molecule is CC(C)[C@@H](O)[C@@H](O)[C@@H]1COC(=O)N1. The van der Waals surface area contributed by atoms with Crippen LogP contribution in [0.15, 0.2) is 0 Å². The van der Waals surface area contributed by atoms with Crippen LogP contribution in [0.5, 0.6) is 0 Å². The number of hydrogen-bond donors (Lipinski definition) is 3. The van der Waals surface area contributed by atoms with Crippen LogP contribution in [0.2, 0.25) is 0 Å². The first-order valence-corrected chi connectivity index (χ1v) is 4.31. The van der Waals surface area contributed by atoms with Crippen LogP contribution in [0.3, 0.4) is 0 Å². The molecule has 0 aliphatic carbocycles. The van der Waals surface area contributed by atoms with Gasteiger partial charge in [0, 0.05) is 0 Å². The van der Waals surface area contributed by atoms with Crippen molar-refractivity contribution in [3.8, 4) is 0 Å². The highest BCUT2D eigenvalue weighted by molar-refractivity contribution is 5.69. The molecule has 5 heteroatoms. The van der Waals surface area contributed by atoms with Gasteiger partial charge in [-0.3, -0.25) is 0 Å². The van der Waals surface area contributed by atoms with E-state index in [1.807, 2.05) is 0 Å². The number of aliphatic hydroxyl groups is 2. The number of rotatable bonds is 3. The Kier molecular flexibility index (Phi) is 3.11. The van der Waals surface area contributed by atoms with Crippen LogP contribution in [0, 0.1) is 5.92 Å². The quantitative estimate of drug-likeness (QED) is 0.557. The van der Waals surface area contributed by atoms with Crippen LogP contribution >= 0.6 is 0 Å². The van der Waals surface area contributed by atoms with E-state index in [-0.39, 0.29) is 12.5 Å². The predicted molar refractivity (Wildman–Crippen MR) is 45.1 cm³/mol. The average Bonchev–Trinajstić information content (AvgIpc) is 2.49. The third kappa shape index (κ3) is 2.32. The summed E-state index contributed by atoms with van der Waals surface area (Å²) in [5.74, 6) is -0.0486. The molecule has 3 atom stereocenters. The van der Waals surface area contributed by atoms with Crippen LogP contribution in [0.4, 0.5) is 4.79 Å². The van der Waals surface area contributed by atoms with Gasteiger partial charge in [-0.25, -0.2) is 4.79 Å². The minimum Gasteiger partial charge on any atom is -0.447 e. The highest BCUT2D eigenvalue weighted by Gasteiger charge is 2.34. The summed E-state index contributed by atoms with van der Waals surface area (Å²) in [6, 6.07) is -0.495. The van der Waals surface area contributed by atoms with Gasteiger partial charge in [-0.2, -0.15) is 0 Å². The molecule has 1 rings (SSSR count). The van der Waals surface area contributed by atoms with Crippen molar-refractivity contribution in [1.82, 2.24) is 5.32 Å². The van der Waals surface area contributed by atoms with Gasteiger partial charge in [0.15, 0.2) is 0 Å². The zero-order valence-electron chi connectivity index (χ0n) is 7.73. The molecular formula is C8H15NO4. The van der Waals surface area contributed by atoms with Crippen molar-refractivity contribution in [2.24, 2.45) is 5.92 Å². The summed E-state index contributed by atoms with van der Waals surface area (Å²) < 4.78 is 4.60. The maximum Gasteiger partial charge on any atom is 0.407 e. The van der Waals surface area contributed by atoms with Crippen molar-refractivity contribution in [3.05, 3.63) is 0 Å². The molecule has 1 aliphatic heterocycles. The third-order valence-corrected chi connectivity index (χ3v) is 2.14. The Hall–Kier alpha value is -0.810. The van der Waals surface area contributed by atoms with E-state index in [4.69, 9.17) is 0 Å². The largest absolute Gasteiger partial charge is 0.447 e. The summed E-state index contributed by atoms with van der Waals surface area (Å²) in [7, 11) is 0. The minimum absolute atomic E-state index is 0.0486. The highest BCUT2D eigenvalue weighted by Crippen LogP contribution is 2.12. The first kappa shape index (κ1) is 10.3. The van der Waals surface area contributed by atoms with E-state index >= 15 is 0 Å². The van der Waals surface area contributed by atoms with Gasteiger partial charge in [-0.05, 0) is 5.92 Å². The monoisotopic (exact) mass is 189 g/mol. The van der Waals surface area contributed by atoms with Gasteiger partial charge in [0.05, 0.1) is 12.1 Å². The standard InChI is InChI=1S/C8H15NO4/c1-4(2)6(10)7(11)5-3-13-8(12)9-5/h4-7,10-11H,3H2,1-2H3,(H,9,12)/t5-,6+,7-/m0/s1. The van der Waals surface area contributed by atoms with Crippen LogP contribution in [-0.2, 0) is 4.74 Å². The number of carbonyl (C=O) groups excluding carboxylic acids is 1. The van der Waals surface area contributed by atoms with E-state index in [2.05, 4.69) is 10.1 Å². The normalized spacial score (nSPS) is 26.8. The molecule has 1 saturated heterocycles. The van der Waals surface area contributed by atoms with Crippen molar-refractivity contribution in [2.75, 3.05) is 6.61 Å². The average molecular weight is 189 g/mol. The maximum atomic E-state index is 10.6. The predicted octanol–water partition coefficient (Wildman–Crippen LogP) is -0.527. The second kappa shape index (κ2) is 3.93. The van der Waals surface area contributed by atoms with E-state index in [0.717, 1.165) is 0 Å². The Labute approximate surface area is 76.7 Å². The first-order valence-electron chi connectivity index (χ1n) is 4.31. The molecule has 1 fully saturated rings. The molecule has 5 nitrogen and oxygen atoms in total. The summed E-state index contributed by atoms with van der Waals surface area (Å²) in [5, 5.41) is 21.5. The molecule has 1 amide bonds. The topological polar surface area (TPSA) is 78.8 Å². The first-order chi connectivity index (χ1) is 6.02. The Morgan fingerprint density at radius 2 is 2.15 bits per heavy atom. The summed E-state index contributed by atoms with van der Waals surface area (Å²) in [6.45, 7) is 3.71. The lowest BCUT2D eigenvalue weighted by Crippen LogP contribution is -2.46. The Morgan fingerprint density at radius 3 is 2.54 bits per heavy atom. The highest BCUT2D eigenvalue weighted by atomic mass is 16.6. The van der Waals surface area contributed by atoms with Crippen molar-refractivity contribution in [1.29, 1.82) is 0 Å². The molecule has 13 heavy (non-hydrogen) atoms. The molecule has 0 aromatic heterocycles. The van der Waals surface area contributed by atoms with Crippen LogP contribution < -0.4 is 5.32 Å². The fourth-order valence-corrected chi connectivity index (χ4v) is 1.22. The lowest BCUT2D eigenvalue weighted by Gasteiger charge is -2.24. The summed E-state index contributed by atoms with van der Waals surface area (Å²) >= 11 is 0. The lowest BCUT2D eigenvalue weighted by atomic mass is 9.97. The molecule has 0 unspecified atom stereocenters. The number of cyclic esters (lactones) is 1. The van der Waals surface area contributed by atoms with Gasteiger partial charge >= 0.3 is 6.09 Å². The molecule has 1 heterocycles. The smallest absolute Gasteiger partial charge is 0.407 e. The van der Waals surface area contributed by atoms with Gasteiger partial charge in [-0.1, -0.05) is 13.8 Å². The van der Waals surface area contributed by atoms with E-state index < -0.39 is 24.3 Å². The summed E-state index contributed by atoms with van der Waals surface area (Å²) in [5.41, 5.74) is 0. The number of ether oxygens (including phenoxy) is 1. The maximum absolute atomic E-state index is 10.6. The summed E-state index contributed by atoms with van der Waals surface area (Å²) in [4.78, 5) is 10.6. The van der Waals surface area contributed by atoms with Gasteiger partial charge in [-0.15, -0.1) is 0 Å². The van der Waals surface area contributed by atoms with Crippen molar-refractivity contribution < 1.29 is 19.7 Å². The Balaban J connectivity index is 2.47. The van der Waals surface area contributed by atoms with E-state index in [1.54, 1.807) is 13.8 Å². The number of alkyl carbamates (subject to hydrolysis) is 1. The van der Waals surface area contributed by atoms with Crippen molar-refractivity contribution in [2.45, 2.75) is 32.1 Å². The van der Waals surface area contributed by atoms with E-state index in [1.165, 1.54) is 0 Å². The second-order valence-electron chi connectivity index (χ2n) is 3.57. The van der Waals surface area contributed by atoms with Crippen LogP contribution in [0.1, 0.15) is 13.8 Å². The second-order valence-corrected chi connectivity index (χ2v) is 3.57. The molecule has 0 aromatic rings. The molecule has 0 aromatic carbocycles. The zero-order valence-corrected chi connectivity index (χ0v) is 7.73. The Bertz CT molecular complexity index is 195. The van der Waals surface area contributed by atoms with Crippen LogP contribution in [0.25, 0.3) is 0 Å². The van der Waals surface area contributed by atoms with Gasteiger partial charge in [0.25, 0.3) is 0 Å². The molecule has 3 N–H and O–H groups in total. The number of amides is 1. The zero-order chi connectivity index (χ0) is 10.0. The fourth-order valence-electron chi connectivity index (χ4n) is 1.22. The number of nitrogens with one attached hydrogen (secondary N) is 1. The molecule has 0 saturated carbocycles. The molecule has 0 bridgehead atoms. The third-order valence-electron chi connectivity index (χ3n) is 2.14. The number of aliphatic hydroxyl groups excluding tert-OH is 2. The van der Waals surface area contributed by atoms with Gasteiger partial charge < -0.3 is 20.3 Å². The van der Waals surface area contributed by atoms with Gasteiger partial charge in [0.1, 0.15) is 12.7 Å². The molecule has 0 spiro atoms. The molecule has 1 aliphatic rings. The minimum atomic E-state index is -0.966. The van der Waals surface area contributed by atoms with Crippen LogP contribution in [-0.4, -0.2) is 41.2 Å². The van der Waals surface area contributed by atoms with Crippen molar-refractivity contribution >= 4 is 6.09 Å². The van der Waals surface area contributed by atoms with E-state index in [0.29, 0.717) is 0 Å². The molecule has 0 radical (unpaired) electrons. The van der Waals surface area contributed by atoms with Gasteiger partial charge in [0.2, 0.25) is 0 Å². The Morgan fingerprint density at radius 1 is 1.54 bits per heavy atom. The van der Waals surface area contributed by atoms with Crippen molar-refractivity contribution in [3.63, 3.8) is 0 Å². The molecular weight excluding hydrogens is 174 g/mol. The molecule has 76 valence electrons.